The first-order valence-corrected chi connectivity index (χ1v) is 7.69. The summed E-state index contributed by atoms with van der Waals surface area (Å²) >= 11 is 0. The highest BCUT2D eigenvalue weighted by Gasteiger charge is 2.37. The van der Waals surface area contributed by atoms with E-state index >= 15 is 0 Å². The van der Waals surface area contributed by atoms with Gasteiger partial charge in [-0.3, -0.25) is 9.59 Å². The minimum absolute atomic E-state index is 0.217. The first kappa shape index (κ1) is 16.4. The molecule has 2 amide bonds. The zero-order valence-corrected chi connectivity index (χ0v) is 12.8. The molecular weight excluding hydrogens is 285 g/mol. The van der Waals surface area contributed by atoms with E-state index in [9.17, 15) is 14.0 Å². The summed E-state index contributed by atoms with van der Waals surface area (Å²) in [6.07, 6.45) is 1.53. The summed E-state index contributed by atoms with van der Waals surface area (Å²) < 4.78 is 12.9. The van der Waals surface area contributed by atoms with E-state index in [0.717, 1.165) is 13.0 Å². The fraction of sp³-hybridized carbons (Fsp3) is 0.500. The molecule has 0 radical (unpaired) electrons. The third kappa shape index (κ3) is 4.04. The van der Waals surface area contributed by atoms with Gasteiger partial charge in [0.15, 0.2) is 0 Å². The molecule has 1 aliphatic rings. The smallest absolute Gasteiger partial charge is 0.239 e. The van der Waals surface area contributed by atoms with Crippen LogP contribution in [-0.2, 0) is 9.59 Å². The molecular formula is C16H22FN3O2. The minimum Gasteiger partial charge on any atom is -0.354 e. The molecule has 0 aliphatic carbocycles. The second-order valence-electron chi connectivity index (χ2n) is 5.35. The molecule has 0 bridgehead atoms. The third-order valence-corrected chi connectivity index (χ3v) is 3.69. The van der Waals surface area contributed by atoms with Crippen LogP contribution in [-0.4, -0.2) is 38.0 Å². The summed E-state index contributed by atoms with van der Waals surface area (Å²) in [7, 11) is 0. The largest absolute Gasteiger partial charge is 0.354 e. The van der Waals surface area contributed by atoms with Crippen molar-refractivity contribution >= 4 is 17.5 Å². The Hall–Kier alpha value is -1.95. The van der Waals surface area contributed by atoms with Gasteiger partial charge in [-0.2, -0.15) is 0 Å². The second-order valence-corrected chi connectivity index (χ2v) is 5.35. The molecule has 1 heterocycles. The van der Waals surface area contributed by atoms with Crippen molar-refractivity contribution in [2.75, 3.05) is 31.1 Å². The van der Waals surface area contributed by atoms with E-state index in [0.29, 0.717) is 31.7 Å². The Morgan fingerprint density at radius 2 is 2.00 bits per heavy atom. The van der Waals surface area contributed by atoms with Gasteiger partial charge in [-0.25, -0.2) is 4.39 Å². The number of carbonyl (C=O) groups excluding carboxylic acids is 2. The van der Waals surface area contributed by atoms with Crippen molar-refractivity contribution in [3.05, 3.63) is 30.1 Å². The first-order valence-electron chi connectivity index (χ1n) is 7.69. The molecule has 1 aromatic carbocycles. The normalized spacial score (nSPS) is 17.8. The molecule has 2 N–H and O–H groups in total. The van der Waals surface area contributed by atoms with E-state index in [2.05, 4.69) is 17.6 Å². The molecule has 1 saturated heterocycles. The fourth-order valence-electron chi connectivity index (χ4n) is 2.50. The van der Waals surface area contributed by atoms with E-state index in [1.165, 1.54) is 12.1 Å². The standard InChI is InChI=1S/C16H22FN3O2/c1-2-8-18-9-10-19-15(21)14-7-11-20(16(14)22)13-5-3-12(17)4-6-13/h3-6,14,18H,2,7-11H2,1H3,(H,19,21). The molecule has 6 heteroatoms. The number of nitrogens with zero attached hydrogens (tertiary/aromatic N) is 1. The highest BCUT2D eigenvalue weighted by atomic mass is 19.1. The fourth-order valence-corrected chi connectivity index (χ4v) is 2.50. The van der Waals surface area contributed by atoms with Crippen LogP contribution >= 0.6 is 0 Å². The molecule has 120 valence electrons. The number of rotatable bonds is 7. The van der Waals surface area contributed by atoms with Crippen LogP contribution in [0.25, 0.3) is 0 Å². The van der Waals surface area contributed by atoms with Crippen LogP contribution in [0, 0.1) is 11.7 Å². The van der Waals surface area contributed by atoms with Crippen molar-refractivity contribution in [1.82, 2.24) is 10.6 Å². The summed E-state index contributed by atoms with van der Waals surface area (Å²) in [4.78, 5) is 25.9. The molecule has 1 aromatic rings. The van der Waals surface area contributed by atoms with E-state index < -0.39 is 5.92 Å². The van der Waals surface area contributed by atoms with Gasteiger partial charge in [-0.1, -0.05) is 6.92 Å². The van der Waals surface area contributed by atoms with E-state index in [-0.39, 0.29) is 17.6 Å². The molecule has 2 rings (SSSR count). The molecule has 1 aliphatic heterocycles. The monoisotopic (exact) mass is 307 g/mol. The van der Waals surface area contributed by atoms with E-state index in [4.69, 9.17) is 0 Å². The molecule has 1 unspecified atom stereocenters. The van der Waals surface area contributed by atoms with Crippen LogP contribution < -0.4 is 15.5 Å². The topological polar surface area (TPSA) is 61.4 Å². The Bertz CT molecular complexity index is 519. The molecule has 1 fully saturated rings. The van der Waals surface area contributed by atoms with Crippen LogP contribution in [0.15, 0.2) is 24.3 Å². The van der Waals surface area contributed by atoms with Crippen molar-refractivity contribution in [2.24, 2.45) is 5.92 Å². The molecule has 22 heavy (non-hydrogen) atoms. The Labute approximate surface area is 129 Å². The average Bonchev–Trinajstić information content (AvgIpc) is 2.89. The van der Waals surface area contributed by atoms with Gasteiger partial charge in [-0.15, -0.1) is 0 Å². The summed E-state index contributed by atoms with van der Waals surface area (Å²) in [5.74, 6) is -1.43. The maximum absolute atomic E-state index is 12.9. The van der Waals surface area contributed by atoms with E-state index in [1.54, 1.807) is 17.0 Å². The van der Waals surface area contributed by atoms with Gasteiger partial charge in [0, 0.05) is 25.3 Å². The Kier molecular flexibility index (Phi) is 5.89. The second kappa shape index (κ2) is 7.89. The summed E-state index contributed by atoms with van der Waals surface area (Å²) in [6.45, 7) is 4.68. The van der Waals surface area contributed by atoms with Crippen molar-refractivity contribution in [1.29, 1.82) is 0 Å². The predicted molar refractivity (Wildman–Crippen MR) is 83.0 cm³/mol. The quantitative estimate of drug-likeness (QED) is 0.589. The van der Waals surface area contributed by atoms with Crippen LogP contribution in [0.2, 0.25) is 0 Å². The van der Waals surface area contributed by atoms with Gasteiger partial charge in [0.2, 0.25) is 11.8 Å². The third-order valence-electron chi connectivity index (χ3n) is 3.69. The van der Waals surface area contributed by atoms with Crippen molar-refractivity contribution in [3.8, 4) is 0 Å². The van der Waals surface area contributed by atoms with Crippen LogP contribution in [0.3, 0.4) is 0 Å². The SMILES string of the molecule is CCCNCCNC(=O)C1CCN(c2ccc(F)cc2)C1=O. The molecule has 1 atom stereocenters. The van der Waals surface area contributed by atoms with Gasteiger partial charge in [-0.05, 0) is 43.7 Å². The molecule has 0 saturated carbocycles. The van der Waals surface area contributed by atoms with Gasteiger partial charge in [0.1, 0.15) is 11.7 Å². The van der Waals surface area contributed by atoms with Crippen LogP contribution in [0.5, 0.6) is 0 Å². The highest BCUT2D eigenvalue weighted by molar-refractivity contribution is 6.09. The maximum Gasteiger partial charge on any atom is 0.239 e. The number of anilines is 1. The van der Waals surface area contributed by atoms with Gasteiger partial charge >= 0.3 is 0 Å². The van der Waals surface area contributed by atoms with Crippen molar-refractivity contribution in [3.63, 3.8) is 0 Å². The zero-order valence-electron chi connectivity index (χ0n) is 12.8. The molecule has 0 spiro atoms. The lowest BCUT2D eigenvalue weighted by Gasteiger charge is -2.16. The number of hydrogen-bond donors (Lipinski definition) is 2. The van der Waals surface area contributed by atoms with Crippen LogP contribution in [0.1, 0.15) is 19.8 Å². The number of halogens is 1. The van der Waals surface area contributed by atoms with Crippen molar-refractivity contribution < 1.29 is 14.0 Å². The van der Waals surface area contributed by atoms with Crippen molar-refractivity contribution in [2.45, 2.75) is 19.8 Å². The summed E-state index contributed by atoms with van der Waals surface area (Å²) in [6, 6.07) is 5.75. The Morgan fingerprint density at radius 1 is 1.27 bits per heavy atom. The van der Waals surface area contributed by atoms with Crippen LogP contribution in [0.4, 0.5) is 10.1 Å². The highest BCUT2D eigenvalue weighted by Crippen LogP contribution is 2.25. The van der Waals surface area contributed by atoms with Gasteiger partial charge in [0.25, 0.3) is 0 Å². The lowest BCUT2D eigenvalue weighted by atomic mass is 10.1. The average molecular weight is 307 g/mol. The predicted octanol–water partition coefficient (Wildman–Crippen LogP) is 1.29. The molecule has 5 nitrogen and oxygen atoms in total. The van der Waals surface area contributed by atoms with Gasteiger partial charge in [0.05, 0.1) is 0 Å². The van der Waals surface area contributed by atoms with Gasteiger partial charge < -0.3 is 15.5 Å². The number of amides is 2. The number of benzene rings is 1. The Balaban J connectivity index is 1.85. The lowest BCUT2D eigenvalue weighted by molar-refractivity contribution is -0.132. The zero-order chi connectivity index (χ0) is 15.9. The number of nitrogens with one attached hydrogen (secondary N) is 2. The molecule has 0 aromatic heterocycles. The summed E-state index contributed by atoms with van der Waals surface area (Å²) in [5, 5.41) is 5.97. The van der Waals surface area contributed by atoms with E-state index in [1.807, 2.05) is 0 Å². The first-order chi connectivity index (χ1) is 10.6. The minimum atomic E-state index is -0.642. The Morgan fingerprint density at radius 3 is 2.68 bits per heavy atom. The summed E-state index contributed by atoms with van der Waals surface area (Å²) in [5.41, 5.74) is 0.631. The lowest BCUT2D eigenvalue weighted by Crippen LogP contribution is -2.39. The number of carbonyl (C=O) groups is 2. The number of hydrogen-bond acceptors (Lipinski definition) is 3. The maximum atomic E-state index is 12.9.